The predicted molar refractivity (Wildman–Crippen MR) is 375 cm³/mol. The lowest BCUT2D eigenvalue weighted by Crippen LogP contribution is -2.33. The summed E-state index contributed by atoms with van der Waals surface area (Å²) < 4.78 is 56.3. The van der Waals surface area contributed by atoms with Gasteiger partial charge in [-0.15, -0.1) is 0 Å². The van der Waals surface area contributed by atoms with Crippen LogP contribution in [0, 0.1) is 11.6 Å². The molecule has 10 rings (SSSR count). The molecule has 0 saturated heterocycles. The van der Waals surface area contributed by atoms with Crippen LogP contribution < -0.4 is 20.9 Å². The average molecular weight is 1310 g/mol. The SMILES string of the molecule is C[Si](C)(C)CCOCN(COCC[Si](C)(C)C)c1cc(Cl)nc2c(-c3cnc4ccc(F)cc4c3)cnn12.C[Si](C)(C)CCOCN(COCC[Si](C)(C)C)c1cc(NC2CCCCC2)nc2c(-c3cnc4ccc(F)cc4c3)cnn12.NC1CCCCC1. The summed E-state index contributed by atoms with van der Waals surface area (Å²) in [5.41, 5.74) is 11.6. The molecule has 2 aliphatic carbocycles. The molecule has 0 aliphatic heterocycles. The van der Waals surface area contributed by atoms with Gasteiger partial charge in [-0.1, -0.05) is 129 Å². The summed E-state index contributed by atoms with van der Waals surface area (Å²) in [6, 6.07) is 22.2. The molecule has 2 aromatic carbocycles. The Morgan fingerprint density at radius 1 is 0.517 bits per heavy atom. The van der Waals surface area contributed by atoms with Gasteiger partial charge in [0.1, 0.15) is 61.2 Å². The van der Waals surface area contributed by atoms with E-state index in [1.54, 1.807) is 35.1 Å². The smallest absolute Gasteiger partial charge is 0.167 e. The van der Waals surface area contributed by atoms with Crippen LogP contribution in [0.1, 0.15) is 64.2 Å². The topological polar surface area (TPSA) is 168 Å². The van der Waals surface area contributed by atoms with Crippen molar-refractivity contribution in [3.05, 3.63) is 102 Å². The average Bonchev–Trinajstić information content (AvgIpc) is 2.23. The van der Waals surface area contributed by atoms with Crippen molar-refractivity contribution in [2.24, 2.45) is 5.73 Å². The Morgan fingerprint density at radius 2 is 0.910 bits per heavy atom. The van der Waals surface area contributed by atoms with Crippen molar-refractivity contribution in [3.8, 4) is 22.3 Å². The third-order valence-corrected chi connectivity index (χ3v) is 23.0. The second-order valence-electron chi connectivity index (χ2n) is 29.0. The van der Waals surface area contributed by atoms with E-state index in [4.69, 9.17) is 46.4 Å². The van der Waals surface area contributed by atoms with Crippen LogP contribution in [0.3, 0.4) is 0 Å². The van der Waals surface area contributed by atoms with Crippen LogP contribution in [0.2, 0.25) is 108 Å². The fourth-order valence-electron chi connectivity index (χ4n) is 10.4. The maximum Gasteiger partial charge on any atom is 0.167 e. The Bertz CT molecular complexity index is 3500. The van der Waals surface area contributed by atoms with Crippen molar-refractivity contribution >= 4 is 94.5 Å². The standard InChI is InChI=1S/C33H49FN6O2Si2.C27H37ClFN5O2Si2.C6H13N/c1-43(2,3)16-14-41-23-39(24-42-15-17-44(4,5)6)32-20-31(37-28-10-8-7-9-11-28)38-33-29(22-36-40(32)33)26-18-25-19-27(34)12-13-30(25)35-21-26;1-37(2,3)11-9-35-18-33(19-36-10-12-38(4,5)6)26-15-25(28)32-27-23(17-31-34(26)27)21-13-20-14-22(29)7-8-24(20)30-16-21;7-6-4-2-1-3-5-6/h12-13,18-22,28H,7-11,14-17,23-24H2,1-6H3,(H,37,38);7-8,13-17H,9-12,18-19H2,1-6H3;6H,1-5,7H2. The molecule has 3 N–H and O–H groups in total. The second-order valence-corrected chi connectivity index (χ2v) is 51.9. The molecule has 0 bridgehead atoms. The lowest BCUT2D eigenvalue weighted by molar-refractivity contribution is 0.0941. The minimum Gasteiger partial charge on any atom is -0.367 e. The zero-order valence-electron chi connectivity index (χ0n) is 55.1. The van der Waals surface area contributed by atoms with Crippen molar-refractivity contribution in [2.75, 3.05) is 68.5 Å². The highest BCUT2D eigenvalue weighted by Crippen LogP contribution is 2.34. The molecule has 89 heavy (non-hydrogen) atoms. The van der Waals surface area contributed by atoms with Gasteiger partial charge in [0.2, 0.25) is 0 Å². The summed E-state index contributed by atoms with van der Waals surface area (Å²) in [6.45, 7) is 32.5. The molecule has 0 amide bonds. The Morgan fingerprint density at radius 3 is 1.30 bits per heavy atom. The lowest BCUT2D eigenvalue weighted by atomic mass is 9.95. The van der Waals surface area contributed by atoms with Crippen molar-refractivity contribution in [3.63, 3.8) is 0 Å². The minimum atomic E-state index is -1.23. The van der Waals surface area contributed by atoms with Crippen LogP contribution >= 0.6 is 11.6 Å². The monoisotopic (exact) mass is 1310 g/mol. The Hall–Kier alpha value is -5.28. The zero-order chi connectivity index (χ0) is 63.9. The minimum absolute atomic E-state index is 0.283. The van der Waals surface area contributed by atoms with Crippen LogP contribution in [-0.2, 0) is 18.9 Å². The van der Waals surface area contributed by atoms with E-state index in [9.17, 15) is 8.78 Å². The van der Waals surface area contributed by atoms with E-state index in [0.717, 1.165) is 93.1 Å². The molecule has 23 heteroatoms. The third kappa shape index (κ3) is 21.9. The molecule has 0 spiro atoms. The fourth-order valence-corrected chi connectivity index (χ4v) is 13.6. The number of anilines is 3. The maximum atomic E-state index is 14.1. The van der Waals surface area contributed by atoms with E-state index in [-0.39, 0.29) is 11.6 Å². The van der Waals surface area contributed by atoms with Gasteiger partial charge in [0.15, 0.2) is 11.3 Å². The van der Waals surface area contributed by atoms with E-state index in [1.165, 1.54) is 75.6 Å². The van der Waals surface area contributed by atoms with Gasteiger partial charge in [0.25, 0.3) is 0 Å². The summed E-state index contributed by atoms with van der Waals surface area (Å²) in [6.07, 6.45) is 19.8. The maximum absolute atomic E-state index is 14.1. The van der Waals surface area contributed by atoms with E-state index in [0.29, 0.717) is 87.3 Å². The molecular formula is C66H99ClF2N12O4Si4. The molecular weight excluding hydrogens is 1210 g/mol. The number of rotatable bonds is 26. The van der Waals surface area contributed by atoms with Gasteiger partial charge < -0.3 is 39.8 Å². The van der Waals surface area contributed by atoms with E-state index in [2.05, 4.69) is 115 Å². The summed E-state index contributed by atoms with van der Waals surface area (Å²) in [4.78, 5) is 22.9. The molecule has 484 valence electrons. The molecule has 2 fully saturated rings. The summed E-state index contributed by atoms with van der Waals surface area (Å²) in [5.74, 6) is 1.82. The van der Waals surface area contributed by atoms with Gasteiger partial charge in [0.05, 0.1) is 23.4 Å². The highest BCUT2D eigenvalue weighted by atomic mass is 35.5. The second kappa shape index (κ2) is 31.8. The molecule has 16 nitrogen and oxygen atoms in total. The van der Waals surface area contributed by atoms with Crippen LogP contribution in [0.4, 0.5) is 26.2 Å². The summed E-state index contributed by atoms with van der Waals surface area (Å²) >= 11 is 6.53. The van der Waals surface area contributed by atoms with E-state index >= 15 is 0 Å². The van der Waals surface area contributed by atoms with E-state index in [1.807, 2.05) is 33.9 Å². The fraction of sp³-hybridized carbons (Fsp3) is 0.545. The first-order chi connectivity index (χ1) is 42.2. The van der Waals surface area contributed by atoms with Gasteiger partial charge in [-0.3, -0.25) is 9.97 Å². The number of halogens is 3. The Kier molecular flexibility index (Phi) is 24.9. The zero-order valence-corrected chi connectivity index (χ0v) is 59.9. The number of fused-ring (bicyclic) bond motifs is 4. The van der Waals surface area contributed by atoms with Crippen molar-refractivity contribution in [1.82, 2.24) is 39.2 Å². The summed E-state index contributed by atoms with van der Waals surface area (Å²) in [5, 5.41) is 15.0. The van der Waals surface area contributed by atoms with Gasteiger partial charge in [-0.05, 0) is 98.4 Å². The number of nitrogens with zero attached hydrogens (tertiary/aromatic N) is 10. The van der Waals surface area contributed by atoms with Gasteiger partial charge in [-0.2, -0.15) is 19.2 Å². The van der Waals surface area contributed by atoms with Crippen molar-refractivity contribution in [1.29, 1.82) is 0 Å². The molecule has 2 saturated carbocycles. The normalized spacial score (nSPS) is 14.7. The van der Waals surface area contributed by atoms with Crippen molar-refractivity contribution in [2.45, 2.75) is 179 Å². The highest BCUT2D eigenvalue weighted by molar-refractivity contribution is 6.77. The number of nitrogens with one attached hydrogen (secondary N) is 1. The van der Waals surface area contributed by atoms with Crippen LogP contribution in [-0.4, -0.2) is 137 Å². The largest absolute Gasteiger partial charge is 0.367 e. The number of nitrogens with two attached hydrogens (primary N) is 1. The van der Waals surface area contributed by atoms with E-state index < -0.39 is 32.3 Å². The van der Waals surface area contributed by atoms with Crippen molar-refractivity contribution < 1.29 is 27.7 Å². The molecule has 6 heterocycles. The molecule has 0 atom stereocenters. The molecule has 6 aromatic heterocycles. The van der Waals surface area contributed by atoms with Gasteiger partial charge in [0, 0.05) is 128 Å². The highest BCUT2D eigenvalue weighted by Gasteiger charge is 2.24. The van der Waals surface area contributed by atoms with Gasteiger partial charge in [-0.25, -0.2) is 18.7 Å². The summed E-state index contributed by atoms with van der Waals surface area (Å²) in [7, 11) is -4.90. The molecule has 0 unspecified atom stereocenters. The number of benzene rings is 2. The molecule has 8 aromatic rings. The Labute approximate surface area is 536 Å². The molecule has 0 radical (unpaired) electrons. The van der Waals surface area contributed by atoms with Gasteiger partial charge >= 0.3 is 0 Å². The first kappa shape index (κ1) is 69.6. The number of hydrogen-bond donors (Lipinski definition) is 2. The molecule has 2 aliphatic rings. The number of hydrogen-bond acceptors (Lipinski definition) is 14. The number of pyridine rings is 2. The quantitative estimate of drug-likeness (QED) is 0.0227. The Balaban J connectivity index is 0.000000209. The third-order valence-electron chi connectivity index (χ3n) is 16.0. The predicted octanol–water partition coefficient (Wildman–Crippen LogP) is 16.7. The number of ether oxygens (including phenoxy) is 4. The van der Waals surface area contributed by atoms with Crippen LogP contribution in [0.15, 0.2) is 85.5 Å². The van der Waals surface area contributed by atoms with Crippen LogP contribution in [0.25, 0.3) is 55.4 Å². The number of aromatic nitrogens is 8. The van der Waals surface area contributed by atoms with Crippen LogP contribution in [0.5, 0.6) is 0 Å². The first-order valence-electron chi connectivity index (χ1n) is 32.1. The lowest BCUT2D eigenvalue weighted by Gasteiger charge is -2.28. The first-order valence-corrected chi connectivity index (χ1v) is 47.3.